The van der Waals surface area contributed by atoms with E-state index >= 15 is 0 Å². The number of nitrogens with one attached hydrogen (secondary N) is 1. The first-order chi connectivity index (χ1) is 9.34. The van der Waals surface area contributed by atoms with Crippen molar-refractivity contribution in [1.29, 1.82) is 0 Å². The SMILES string of the molecule is CCC(C)(C)C(=O)NC(=O)C12CC3CC(CC(C3)C1)C2. The Balaban J connectivity index is 1.73. The number of imide groups is 1. The smallest absolute Gasteiger partial charge is 0.232 e. The molecule has 0 aliphatic heterocycles. The van der Waals surface area contributed by atoms with Crippen molar-refractivity contribution in [2.24, 2.45) is 28.6 Å². The summed E-state index contributed by atoms with van der Waals surface area (Å²) < 4.78 is 0. The Bertz CT molecular complexity index is 403. The molecule has 20 heavy (non-hydrogen) atoms. The second kappa shape index (κ2) is 4.57. The van der Waals surface area contributed by atoms with Gasteiger partial charge in [-0.3, -0.25) is 14.9 Å². The second-order valence-electron chi connectivity index (χ2n) is 8.22. The molecule has 3 heteroatoms. The molecule has 0 heterocycles. The van der Waals surface area contributed by atoms with Gasteiger partial charge in [0.05, 0.1) is 5.41 Å². The van der Waals surface area contributed by atoms with Gasteiger partial charge in [-0.1, -0.05) is 20.8 Å². The standard InChI is InChI=1S/C17H27NO2/c1-4-16(2,3)14(19)18-15(20)17-8-11-5-12(9-17)7-13(6-11)10-17/h11-13H,4-10H2,1-3H3,(H,18,19,20). The molecule has 0 aromatic carbocycles. The van der Waals surface area contributed by atoms with E-state index in [1.165, 1.54) is 19.3 Å². The van der Waals surface area contributed by atoms with E-state index in [-0.39, 0.29) is 17.2 Å². The molecule has 4 aliphatic carbocycles. The van der Waals surface area contributed by atoms with Gasteiger partial charge in [-0.15, -0.1) is 0 Å². The predicted octanol–water partition coefficient (Wildman–Crippen LogP) is 3.28. The van der Waals surface area contributed by atoms with Crippen molar-refractivity contribution < 1.29 is 9.59 Å². The lowest BCUT2D eigenvalue weighted by molar-refractivity contribution is -0.151. The molecule has 0 saturated heterocycles. The molecule has 4 saturated carbocycles. The van der Waals surface area contributed by atoms with Crippen LogP contribution in [-0.2, 0) is 9.59 Å². The van der Waals surface area contributed by atoms with Crippen LogP contribution in [0.1, 0.15) is 65.7 Å². The van der Waals surface area contributed by atoms with Crippen molar-refractivity contribution in [2.75, 3.05) is 0 Å². The first-order valence-corrected chi connectivity index (χ1v) is 8.20. The van der Waals surface area contributed by atoms with Crippen molar-refractivity contribution >= 4 is 11.8 Å². The van der Waals surface area contributed by atoms with E-state index < -0.39 is 5.41 Å². The second-order valence-corrected chi connectivity index (χ2v) is 8.22. The minimum absolute atomic E-state index is 0.0307. The summed E-state index contributed by atoms with van der Waals surface area (Å²) in [6.45, 7) is 5.82. The monoisotopic (exact) mass is 277 g/mol. The van der Waals surface area contributed by atoms with Gasteiger partial charge in [0.1, 0.15) is 0 Å². The highest BCUT2D eigenvalue weighted by atomic mass is 16.2. The van der Waals surface area contributed by atoms with Gasteiger partial charge in [-0.05, 0) is 62.7 Å². The third kappa shape index (κ3) is 2.19. The molecule has 4 aliphatic rings. The third-order valence-electron chi connectivity index (χ3n) is 6.25. The van der Waals surface area contributed by atoms with Gasteiger partial charge in [0, 0.05) is 5.41 Å². The number of carbonyl (C=O) groups is 2. The van der Waals surface area contributed by atoms with Gasteiger partial charge < -0.3 is 0 Å². The van der Waals surface area contributed by atoms with Crippen molar-refractivity contribution in [3.05, 3.63) is 0 Å². The van der Waals surface area contributed by atoms with Crippen LogP contribution in [-0.4, -0.2) is 11.8 Å². The average molecular weight is 277 g/mol. The molecule has 0 atom stereocenters. The minimum atomic E-state index is -0.446. The summed E-state index contributed by atoms with van der Waals surface area (Å²) >= 11 is 0. The molecular formula is C17H27NO2. The highest BCUT2D eigenvalue weighted by Gasteiger charge is 2.55. The number of amides is 2. The van der Waals surface area contributed by atoms with Gasteiger partial charge in [0.15, 0.2) is 0 Å². The fourth-order valence-electron chi connectivity index (χ4n) is 4.95. The molecule has 112 valence electrons. The third-order valence-corrected chi connectivity index (χ3v) is 6.25. The molecule has 0 radical (unpaired) electrons. The molecule has 0 aromatic heterocycles. The molecule has 4 bridgehead atoms. The Kier molecular flexibility index (Phi) is 3.22. The quantitative estimate of drug-likeness (QED) is 0.860. The van der Waals surface area contributed by atoms with Crippen molar-refractivity contribution in [2.45, 2.75) is 65.7 Å². The Hall–Kier alpha value is -0.860. The average Bonchev–Trinajstić information content (AvgIpc) is 2.36. The fourth-order valence-corrected chi connectivity index (χ4v) is 4.95. The van der Waals surface area contributed by atoms with Crippen LogP contribution in [0.5, 0.6) is 0 Å². The summed E-state index contributed by atoms with van der Waals surface area (Å²) in [7, 11) is 0. The summed E-state index contributed by atoms with van der Waals surface area (Å²) in [6.07, 6.45) is 7.77. The van der Waals surface area contributed by atoms with Crippen molar-refractivity contribution in [3.8, 4) is 0 Å². The zero-order valence-corrected chi connectivity index (χ0v) is 13.0. The molecular weight excluding hydrogens is 250 g/mol. The Labute approximate surface area is 121 Å². The molecule has 0 unspecified atom stereocenters. The van der Waals surface area contributed by atoms with E-state index in [0.29, 0.717) is 0 Å². The first kappa shape index (κ1) is 14.1. The summed E-state index contributed by atoms with van der Waals surface area (Å²) in [5.41, 5.74) is -0.661. The summed E-state index contributed by atoms with van der Waals surface area (Å²) in [6, 6.07) is 0. The van der Waals surface area contributed by atoms with Crippen LogP contribution >= 0.6 is 0 Å². The topological polar surface area (TPSA) is 46.2 Å². The Morgan fingerprint density at radius 3 is 1.90 bits per heavy atom. The lowest BCUT2D eigenvalue weighted by Crippen LogP contribution is -2.55. The van der Waals surface area contributed by atoms with Crippen LogP contribution in [0.2, 0.25) is 0 Å². The summed E-state index contributed by atoms with van der Waals surface area (Å²) in [5.74, 6) is 2.15. The lowest BCUT2D eigenvalue weighted by atomic mass is 9.49. The van der Waals surface area contributed by atoms with E-state index in [1.807, 2.05) is 20.8 Å². The largest absolute Gasteiger partial charge is 0.296 e. The predicted molar refractivity (Wildman–Crippen MR) is 77.8 cm³/mol. The molecule has 0 spiro atoms. The van der Waals surface area contributed by atoms with E-state index in [9.17, 15) is 9.59 Å². The van der Waals surface area contributed by atoms with Crippen LogP contribution in [0.4, 0.5) is 0 Å². The molecule has 4 fully saturated rings. The maximum Gasteiger partial charge on any atom is 0.232 e. The van der Waals surface area contributed by atoms with E-state index in [2.05, 4.69) is 5.32 Å². The van der Waals surface area contributed by atoms with Crippen LogP contribution in [0, 0.1) is 28.6 Å². The first-order valence-electron chi connectivity index (χ1n) is 8.20. The highest BCUT2D eigenvalue weighted by molar-refractivity contribution is 6.00. The number of hydrogen-bond donors (Lipinski definition) is 1. The number of hydrogen-bond acceptors (Lipinski definition) is 2. The number of carbonyl (C=O) groups excluding carboxylic acids is 2. The van der Waals surface area contributed by atoms with Gasteiger partial charge in [-0.25, -0.2) is 0 Å². The van der Waals surface area contributed by atoms with Crippen LogP contribution in [0.25, 0.3) is 0 Å². The summed E-state index contributed by atoms with van der Waals surface area (Å²) in [5, 5.41) is 2.75. The molecule has 1 N–H and O–H groups in total. The Morgan fingerprint density at radius 1 is 1.05 bits per heavy atom. The lowest BCUT2D eigenvalue weighted by Gasteiger charge is -2.55. The zero-order chi connectivity index (χ0) is 14.5. The van der Waals surface area contributed by atoms with E-state index in [0.717, 1.165) is 43.4 Å². The zero-order valence-electron chi connectivity index (χ0n) is 13.0. The van der Waals surface area contributed by atoms with Gasteiger partial charge in [0.2, 0.25) is 11.8 Å². The van der Waals surface area contributed by atoms with Crippen molar-refractivity contribution in [3.63, 3.8) is 0 Å². The van der Waals surface area contributed by atoms with Crippen LogP contribution < -0.4 is 5.32 Å². The molecule has 3 nitrogen and oxygen atoms in total. The van der Waals surface area contributed by atoms with Gasteiger partial charge in [-0.2, -0.15) is 0 Å². The maximum atomic E-state index is 12.7. The Morgan fingerprint density at radius 2 is 1.50 bits per heavy atom. The summed E-state index contributed by atoms with van der Waals surface area (Å²) in [4.78, 5) is 25.0. The van der Waals surface area contributed by atoms with Crippen LogP contribution in [0.3, 0.4) is 0 Å². The molecule has 0 aromatic rings. The molecule has 2 amide bonds. The normalized spacial score (nSPS) is 38.9. The fraction of sp³-hybridized carbons (Fsp3) is 0.882. The maximum absolute atomic E-state index is 12.7. The van der Waals surface area contributed by atoms with Gasteiger partial charge >= 0.3 is 0 Å². The van der Waals surface area contributed by atoms with Crippen LogP contribution in [0.15, 0.2) is 0 Å². The van der Waals surface area contributed by atoms with E-state index in [1.54, 1.807) is 0 Å². The minimum Gasteiger partial charge on any atom is -0.296 e. The van der Waals surface area contributed by atoms with Crippen molar-refractivity contribution in [1.82, 2.24) is 5.32 Å². The van der Waals surface area contributed by atoms with Gasteiger partial charge in [0.25, 0.3) is 0 Å². The highest BCUT2D eigenvalue weighted by Crippen LogP contribution is 2.60. The van der Waals surface area contributed by atoms with E-state index in [4.69, 9.17) is 0 Å². The molecule has 4 rings (SSSR count). The number of rotatable bonds is 3.